The molecule has 3 fully saturated rings. The number of Topliss-reactive ketones (excluding diaryl/α,β-unsaturated/α-hetero) is 1. The van der Waals surface area contributed by atoms with Gasteiger partial charge in [0.05, 0.1) is 28.8 Å². The lowest BCUT2D eigenvalue weighted by molar-refractivity contribution is -0.188. The number of carboxylic acid groups (broad SMARTS) is 1. The number of aliphatic carboxylic acids is 1. The number of carbonyl (C=O) groups excluding carboxylic acids is 9. The summed E-state index contributed by atoms with van der Waals surface area (Å²) in [5.41, 5.74) is 2.20. The van der Waals surface area contributed by atoms with E-state index in [9.17, 15) is 53.1 Å². The fourth-order valence-corrected chi connectivity index (χ4v) is 8.28. The van der Waals surface area contributed by atoms with Gasteiger partial charge >= 0.3 is 17.9 Å². The van der Waals surface area contributed by atoms with E-state index >= 15 is 0 Å². The van der Waals surface area contributed by atoms with Gasteiger partial charge in [0.1, 0.15) is 41.2 Å². The minimum Gasteiger partial charge on any atom is -0.480 e. The third-order valence-corrected chi connectivity index (χ3v) is 11.1. The molecule has 5 aliphatic heterocycles. The van der Waals surface area contributed by atoms with Gasteiger partial charge in [-0.15, -0.1) is 0 Å². The molecule has 2 N–H and O–H groups in total. The molecule has 2 aromatic carbocycles. The number of carboxylic acids is 1. The van der Waals surface area contributed by atoms with Crippen LogP contribution in [0.5, 0.6) is 0 Å². The fraction of sp³-hybridized carbons (Fsp3) is 0.511. The Morgan fingerprint density at radius 3 is 1.77 bits per heavy atom. The van der Waals surface area contributed by atoms with Crippen LogP contribution in [0.15, 0.2) is 48.5 Å². The second kappa shape index (κ2) is 18.8. The number of nitrogens with zero attached hydrogens (tertiary/aromatic N) is 5. The zero-order valence-electron chi connectivity index (χ0n) is 36.8. The molecule has 19 heteroatoms. The van der Waals surface area contributed by atoms with Crippen LogP contribution in [-0.2, 0) is 38.2 Å². The molecular weight excluding hydrogens is 833 g/mol. The molecule has 64 heavy (non-hydrogen) atoms. The molecule has 5 heterocycles. The van der Waals surface area contributed by atoms with E-state index in [1.54, 1.807) is 82.9 Å². The number of ketones is 1. The third-order valence-electron chi connectivity index (χ3n) is 11.1. The van der Waals surface area contributed by atoms with Gasteiger partial charge in [-0.2, -0.15) is 0 Å². The number of hydrogen-bond acceptors (Lipinski definition) is 14. The molecule has 2 unspecified atom stereocenters. The number of ether oxygens (including phenoxy) is 2. The first kappa shape index (κ1) is 47.1. The summed E-state index contributed by atoms with van der Waals surface area (Å²) in [5.74, 6) is -5.99. The predicted molar refractivity (Wildman–Crippen MR) is 224 cm³/mol. The van der Waals surface area contributed by atoms with Crippen molar-refractivity contribution in [2.75, 3.05) is 19.6 Å². The summed E-state index contributed by atoms with van der Waals surface area (Å²) in [5, 5.41) is 13.8. The summed E-state index contributed by atoms with van der Waals surface area (Å²) in [6.07, 6.45) is 1.68. The van der Waals surface area contributed by atoms with Crippen molar-refractivity contribution in [2.24, 2.45) is 0 Å². The molecule has 6 amide bonds. The van der Waals surface area contributed by atoms with Crippen molar-refractivity contribution >= 4 is 59.1 Å². The van der Waals surface area contributed by atoms with Crippen LogP contribution >= 0.6 is 0 Å². The summed E-state index contributed by atoms with van der Waals surface area (Å²) in [4.78, 5) is 129. The molecule has 0 aliphatic carbocycles. The number of hydrogen-bond donors (Lipinski definition) is 2. The average molecular weight is 887 g/mol. The van der Waals surface area contributed by atoms with Crippen molar-refractivity contribution in [3.8, 4) is 0 Å². The van der Waals surface area contributed by atoms with Crippen LogP contribution in [0.4, 0.5) is 0 Å². The molecule has 7 rings (SSSR count). The number of fused-ring (bicyclic) bond motifs is 3. The number of nitrogens with one attached hydrogen (secondary N) is 1. The van der Waals surface area contributed by atoms with Crippen molar-refractivity contribution in [1.82, 2.24) is 30.3 Å². The van der Waals surface area contributed by atoms with Crippen molar-refractivity contribution in [1.29, 1.82) is 0 Å². The van der Waals surface area contributed by atoms with Gasteiger partial charge in [-0.25, -0.2) is 20.0 Å². The molecule has 2 aromatic rings. The maximum atomic E-state index is 13.8. The zero-order valence-corrected chi connectivity index (χ0v) is 36.8. The van der Waals surface area contributed by atoms with E-state index in [0.717, 1.165) is 4.90 Å². The minimum absolute atomic E-state index is 0.000123. The van der Waals surface area contributed by atoms with Gasteiger partial charge in [0.2, 0.25) is 5.91 Å². The summed E-state index contributed by atoms with van der Waals surface area (Å²) < 4.78 is 10.9. The lowest BCUT2D eigenvalue weighted by Crippen LogP contribution is -2.65. The van der Waals surface area contributed by atoms with Crippen LogP contribution in [0.2, 0.25) is 0 Å². The van der Waals surface area contributed by atoms with Gasteiger partial charge in [-0.1, -0.05) is 24.3 Å². The van der Waals surface area contributed by atoms with Crippen molar-refractivity contribution in [3.05, 3.63) is 70.8 Å². The summed E-state index contributed by atoms with van der Waals surface area (Å²) in [6.45, 7) is 11.3. The van der Waals surface area contributed by atoms with Crippen molar-refractivity contribution < 1.29 is 62.5 Å². The van der Waals surface area contributed by atoms with E-state index in [1.165, 1.54) is 22.2 Å². The molecule has 19 nitrogen and oxygen atoms in total. The van der Waals surface area contributed by atoms with Gasteiger partial charge in [0.15, 0.2) is 0 Å². The maximum absolute atomic E-state index is 13.8. The first-order valence-corrected chi connectivity index (χ1v) is 21.4. The average Bonchev–Trinajstić information content (AvgIpc) is 3.63. The van der Waals surface area contributed by atoms with Gasteiger partial charge in [-0.3, -0.25) is 58.2 Å². The van der Waals surface area contributed by atoms with Crippen molar-refractivity contribution in [2.45, 2.75) is 128 Å². The Hall–Kier alpha value is -6.34. The highest BCUT2D eigenvalue weighted by Crippen LogP contribution is 2.32. The molecule has 3 saturated heterocycles. The van der Waals surface area contributed by atoms with E-state index in [4.69, 9.17) is 9.47 Å². The molecule has 5 aliphatic rings. The number of esters is 2. The second-order valence-corrected chi connectivity index (χ2v) is 18.2. The van der Waals surface area contributed by atoms with Crippen LogP contribution in [0.25, 0.3) is 0 Å². The SMILES string of the molecule is CC(C)(C)OC(=O)C1CCCN(C(=O)CC[C@@H](C(=O)O)N2C(=O)c3ccccc3C2=O)N1.CC(C)(C)OC(=O)C1CCCN2CC(=O)CC[C@H](N3C(=O)c4ccccc4C3=O)C(=O)N12. The molecule has 4 atom stereocenters. The first-order valence-electron chi connectivity index (χ1n) is 21.4. The van der Waals surface area contributed by atoms with Crippen LogP contribution in [-0.4, -0.2) is 144 Å². The minimum atomic E-state index is -1.47. The summed E-state index contributed by atoms with van der Waals surface area (Å²) >= 11 is 0. The Kier molecular flexibility index (Phi) is 13.8. The maximum Gasteiger partial charge on any atom is 0.331 e. The quantitative estimate of drug-likeness (QED) is 0.286. The Morgan fingerprint density at radius 2 is 1.23 bits per heavy atom. The molecule has 0 spiro atoms. The summed E-state index contributed by atoms with van der Waals surface area (Å²) in [6, 6.07) is 8.28. The Labute approximate surface area is 369 Å². The monoisotopic (exact) mass is 886 g/mol. The van der Waals surface area contributed by atoms with Gasteiger partial charge in [-0.05, 0) is 104 Å². The molecular formula is C45H54N6O13. The van der Waals surface area contributed by atoms with Gasteiger partial charge in [0.25, 0.3) is 29.5 Å². The third kappa shape index (κ3) is 10.2. The number of hydrazine groups is 2. The van der Waals surface area contributed by atoms with E-state index in [-0.39, 0.29) is 60.3 Å². The summed E-state index contributed by atoms with van der Waals surface area (Å²) in [7, 11) is 0. The lowest BCUT2D eigenvalue weighted by Gasteiger charge is -2.46. The zero-order chi connectivity index (χ0) is 46.8. The van der Waals surface area contributed by atoms with Crippen LogP contribution in [0, 0.1) is 0 Å². The first-order chi connectivity index (χ1) is 30.1. The second-order valence-electron chi connectivity index (χ2n) is 18.2. The molecule has 0 saturated carbocycles. The lowest BCUT2D eigenvalue weighted by atomic mass is 10.00. The largest absolute Gasteiger partial charge is 0.480 e. The Bertz CT molecular complexity index is 2190. The van der Waals surface area contributed by atoms with Crippen molar-refractivity contribution in [3.63, 3.8) is 0 Å². The van der Waals surface area contributed by atoms with Gasteiger partial charge in [0, 0.05) is 25.9 Å². The standard InChI is InChI=1S/C23H27N3O6.C22H27N3O7/c1-23(2,3)32-22(31)18-9-6-12-24-13-14(27)10-11-17(21(30)26(18)24)25-19(28)15-7-4-5-8-16(15)20(25)29;1-22(2,3)32-21(31)15-9-6-12-24(23-15)17(26)11-10-16(20(29)30)25-18(27)13-7-4-5-8-14(13)19(25)28/h4-5,7-8,17-18H,6,9-13H2,1-3H3;4-5,7-8,15-16,23H,6,9-12H2,1-3H3,(H,29,30)/t17-,18?;15?,16-/m00/s1. The van der Waals surface area contributed by atoms with Crippen LogP contribution in [0.3, 0.4) is 0 Å². The number of imide groups is 2. The highest BCUT2D eigenvalue weighted by Gasteiger charge is 2.50. The number of amides is 6. The molecule has 0 radical (unpaired) electrons. The van der Waals surface area contributed by atoms with Gasteiger partial charge < -0.3 is 14.6 Å². The number of carbonyl (C=O) groups is 10. The van der Waals surface area contributed by atoms with E-state index in [2.05, 4.69) is 5.43 Å². The molecule has 0 aromatic heterocycles. The highest BCUT2D eigenvalue weighted by atomic mass is 16.6. The smallest absolute Gasteiger partial charge is 0.331 e. The molecule has 0 bridgehead atoms. The number of rotatable bonds is 8. The Morgan fingerprint density at radius 1 is 0.719 bits per heavy atom. The van der Waals surface area contributed by atoms with E-state index in [0.29, 0.717) is 43.7 Å². The fourth-order valence-electron chi connectivity index (χ4n) is 8.28. The molecule has 342 valence electrons. The number of benzene rings is 2. The Balaban J connectivity index is 0.000000213. The van der Waals surface area contributed by atoms with E-state index in [1.807, 2.05) is 0 Å². The van der Waals surface area contributed by atoms with Crippen LogP contribution < -0.4 is 5.43 Å². The van der Waals surface area contributed by atoms with Crippen LogP contribution in [0.1, 0.15) is 134 Å². The highest BCUT2D eigenvalue weighted by molar-refractivity contribution is 6.23. The normalized spacial score (nSPS) is 22.1. The van der Waals surface area contributed by atoms with E-state index < -0.39 is 88.7 Å². The topological polar surface area (TPSA) is 238 Å². The predicted octanol–water partition coefficient (Wildman–Crippen LogP) is 2.92.